The molecule has 0 aromatic heterocycles. The highest BCUT2D eigenvalue weighted by atomic mass is 19.1. The van der Waals surface area contributed by atoms with Gasteiger partial charge in [0.1, 0.15) is 42.0 Å². The van der Waals surface area contributed by atoms with Gasteiger partial charge in [-0.05, 0) is 178 Å². The Bertz CT molecular complexity index is 3420. The number of β-amino-alcohol motifs (C(OH)–C–C–N with tert-alkyl or cyclic N) is 2. The van der Waals surface area contributed by atoms with Crippen molar-refractivity contribution >= 4 is 41.6 Å². The number of carbonyl (C=O) groups is 4. The van der Waals surface area contributed by atoms with Crippen LogP contribution in [0.25, 0.3) is 33.4 Å². The molecule has 6 aromatic carbocycles. The van der Waals surface area contributed by atoms with Crippen molar-refractivity contribution in [3.8, 4) is 33.4 Å². The largest absolute Gasteiger partial charge is 0.444 e. The molecule has 20 nitrogen and oxygen atoms in total. The van der Waals surface area contributed by atoms with Gasteiger partial charge in [0.25, 0.3) is 0 Å². The van der Waals surface area contributed by atoms with E-state index in [2.05, 4.69) is 42.4 Å². The van der Waals surface area contributed by atoms with E-state index >= 15 is 0 Å². The Morgan fingerprint density at radius 3 is 1.10 bits per heavy atom. The molecule has 0 radical (unpaired) electrons. The van der Waals surface area contributed by atoms with Gasteiger partial charge in [-0.2, -0.15) is 0 Å². The molecular weight excluding hydrogens is 1320 g/mol. The average molecular weight is 1430 g/mol. The van der Waals surface area contributed by atoms with E-state index in [1.807, 2.05) is 57.2 Å². The summed E-state index contributed by atoms with van der Waals surface area (Å²) in [6, 6.07) is 37.2. The molecule has 6 N–H and O–H groups in total. The molecule has 23 heteroatoms. The molecule has 3 amide bonds. The van der Waals surface area contributed by atoms with E-state index in [0.717, 1.165) is 173 Å². The lowest BCUT2D eigenvalue weighted by atomic mass is 9.93. The maximum absolute atomic E-state index is 14.9. The number of piperazine rings is 2. The fourth-order valence-corrected chi connectivity index (χ4v) is 13.7. The van der Waals surface area contributed by atoms with Gasteiger partial charge in [-0.3, -0.25) is 39.1 Å². The first kappa shape index (κ1) is 79.3. The molecule has 7 heterocycles. The minimum absolute atomic E-state index is 0.136. The molecule has 6 aromatic rings. The Morgan fingerprint density at radius 2 is 0.757 bits per heavy atom. The van der Waals surface area contributed by atoms with Crippen molar-refractivity contribution in [2.45, 2.75) is 110 Å². The van der Waals surface area contributed by atoms with Crippen LogP contribution >= 0.6 is 0 Å². The van der Waals surface area contributed by atoms with Crippen LogP contribution < -0.4 is 25.3 Å². The number of benzene rings is 6. The number of nitrogens with one attached hydrogen (secondary N) is 2. The van der Waals surface area contributed by atoms with E-state index in [-0.39, 0.29) is 43.2 Å². The molecule has 0 aliphatic carbocycles. The summed E-state index contributed by atoms with van der Waals surface area (Å²) in [4.78, 5) is 60.4. The molecule has 7 saturated heterocycles. The van der Waals surface area contributed by atoms with Gasteiger partial charge in [-0.1, -0.05) is 93.6 Å². The van der Waals surface area contributed by atoms with Crippen molar-refractivity contribution in [1.29, 1.82) is 0 Å². The van der Waals surface area contributed by atoms with Gasteiger partial charge in [0.2, 0.25) is 0 Å². The van der Waals surface area contributed by atoms with E-state index in [9.17, 15) is 32.3 Å². The zero-order valence-corrected chi connectivity index (χ0v) is 60.1. The highest BCUT2D eigenvalue weighted by molar-refractivity contribution is 5.92. The van der Waals surface area contributed by atoms with E-state index in [4.69, 9.17) is 34.6 Å². The summed E-state index contributed by atoms with van der Waals surface area (Å²) >= 11 is 0. The number of nitrogens with zero attached hydrogens (tertiary/aromatic N) is 7. The topological polar surface area (TPSA) is 224 Å². The van der Waals surface area contributed by atoms with Crippen molar-refractivity contribution in [2.24, 2.45) is 11.8 Å². The van der Waals surface area contributed by atoms with Crippen LogP contribution in [0.5, 0.6) is 0 Å². The van der Waals surface area contributed by atoms with Gasteiger partial charge in [0.05, 0.1) is 49.9 Å². The number of likely N-dealkylation sites (tertiary alicyclic amines) is 1. The van der Waals surface area contributed by atoms with Crippen molar-refractivity contribution in [2.75, 3.05) is 152 Å². The Labute approximate surface area is 605 Å². The number of hydrogen-bond acceptors (Lipinski definition) is 17. The Kier molecular flexibility index (Phi) is 31.6. The highest BCUT2D eigenvalue weighted by Crippen LogP contribution is 2.34. The number of aliphatic hydroxyl groups is 4. The van der Waals surface area contributed by atoms with Gasteiger partial charge >= 0.3 is 18.3 Å². The number of cyclic esters (lactones) is 3. The molecule has 3 atom stereocenters. The van der Waals surface area contributed by atoms with E-state index < -0.39 is 24.1 Å². The number of carbonyl (C=O) groups excluding carboxylic acids is 4. The normalized spacial score (nSPS) is 20.0. The lowest BCUT2D eigenvalue weighted by Gasteiger charge is -2.34. The fraction of sp³-hybridized carbons (Fsp3) is 0.500. The number of aldehydes is 1. The Balaban J connectivity index is 0.000000161. The number of ether oxygens (including phenoxy) is 3. The second-order valence-corrected chi connectivity index (χ2v) is 27.3. The van der Waals surface area contributed by atoms with Crippen LogP contribution in [0.3, 0.4) is 0 Å². The maximum Gasteiger partial charge on any atom is 0.414 e. The average Bonchev–Trinajstić information content (AvgIpc) is 1.80. The third kappa shape index (κ3) is 23.3. The number of piperidine rings is 2. The van der Waals surface area contributed by atoms with E-state index in [1.54, 1.807) is 60.7 Å². The third-order valence-electron chi connectivity index (χ3n) is 20.2. The van der Waals surface area contributed by atoms with Gasteiger partial charge in [0, 0.05) is 114 Å². The second kappa shape index (κ2) is 41.0. The Hall–Kier alpha value is -7.81. The predicted molar refractivity (Wildman–Crippen MR) is 397 cm³/mol. The molecular formula is C80H106F3N9O11. The number of hydrogen-bond donors (Lipinski definition) is 6. The van der Waals surface area contributed by atoms with Crippen molar-refractivity contribution in [3.05, 3.63) is 162 Å². The van der Waals surface area contributed by atoms with E-state index in [1.165, 1.54) is 56.9 Å². The lowest BCUT2D eigenvalue weighted by molar-refractivity contribution is 0.108. The number of anilines is 3. The van der Waals surface area contributed by atoms with Gasteiger partial charge < -0.3 is 45.3 Å². The van der Waals surface area contributed by atoms with Crippen LogP contribution in [0.15, 0.2) is 127 Å². The summed E-state index contributed by atoms with van der Waals surface area (Å²) in [6.07, 6.45) is 7.95. The molecule has 0 spiro atoms. The lowest BCUT2D eigenvalue weighted by Crippen LogP contribution is -2.46. The number of halogens is 3. The van der Waals surface area contributed by atoms with Crippen LogP contribution in [0.1, 0.15) is 100 Å². The summed E-state index contributed by atoms with van der Waals surface area (Å²) in [5, 5.41) is 41.9. The van der Waals surface area contributed by atoms with Crippen LogP contribution in [0.2, 0.25) is 0 Å². The van der Waals surface area contributed by atoms with Crippen molar-refractivity contribution < 1.29 is 67.0 Å². The monoisotopic (exact) mass is 1430 g/mol. The molecule has 13 rings (SSSR count). The molecule has 7 fully saturated rings. The minimum atomic E-state index is -0.445. The number of aliphatic hydroxyl groups excluding tert-OH is 4. The zero-order valence-electron chi connectivity index (χ0n) is 60.1. The quantitative estimate of drug-likeness (QED) is 0.0275. The molecule has 7 aliphatic rings. The summed E-state index contributed by atoms with van der Waals surface area (Å²) < 4.78 is 59.9. The fourth-order valence-electron chi connectivity index (χ4n) is 13.7. The van der Waals surface area contributed by atoms with Crippen molar-refractivity contribution in [1.82, 2.24) is 30.2 Å². The third-order valence-corrected chi connectivity index (χ3v) is 20.2. The molecule has 0 bridgehead atoms. The minimum Gasteiger partial charge on any atom is -0.444 e. The molecule has 0 saturated carbocycles. The van der Waals surface area contributed by atoms with Gasteiger partial charge in [-0.15, -0.1) is 0 Å². The number of amides is 3. The summed E-state index contributed by atoms with van der Waals surface area (Å²) in [5.41, 5.74) is 8.28. The first-order valence-electron chi connectivity index (χ1n) is 36.9. The first-order valence-corrected chi connectivity index (χ1v) is 36.9. The SMILES string of the molecule is CC[C@H]1CN(c2ccc(-c3ccc(C=O)cc3)c(F)c2)C(=O)O1.CC[C@H]1CN(c2ccc(-c3ccc(CN4CCC(CCO)CC4)cc3)c(F)c2)C(=O)O1.CC[C@H]1CN(c2ccc(-c3ccc(CN4CCN(CCO)CC4)cc3)c(F)c2)C(=O)O1.OCCC1CCNCC1.OCCN1CCNCC1. The molecule has 103 heavy (non-hydrogen) atoms. The smallest absolute Gasteiger partial charge is 0.414 e. The highest BCUT2D eigenvalue weighted by Gasteiger charge is 2.34. The molecule has 7 aliphatic heterocycles. The standard InChI is InChI=1S/C25H31FN2O3.C24H30FN3O3.C18H16FNO3.C7H15NO.C6H14N2O/c1-2-22-17-28(25(30)31-22)21-7-8-23(24(26)15-21)20-5-3-19(4-6-20)16-27-12-9-18(10-13-27)11-14-29;1-2-21-17-28(24(30)31-21)20-7-8-22(23(25)15-20)19-5-3-18(4-6-19)16-27-11-9-26(10-12-27)13-14-29;1-2-15-10-20(18(22)23-15)14-7-8-16(17(19)9-14)13-5-3-12(11-21)4-6-13;9-6-3-7-1-4-8-5-2-7;9-6-5-8-3-1-7-2-4-8/h3-8,15,18,22,29H,2,9-14,16-17H2,1H3;3-8,15,21,29H,2,9-14,16-17H2,1H3;3-9,11,15H,2,10H2,1H3;7-9H,1-6H2;7,9H,1-6H2/t22-;21-;15-;;/m000../s1. The van der Waals surface area contributed by atoms with Crippen LogP contribution in [0, 0.1) is 29.3 Å². The second-order valence-electron chi connectivity index (χ2n) is 27.3. The zero-order chi connectivity index (χ0) is 73.0. The molecule has 558 valence electrons. The Morgan fingerprint density at radius 1 is 0.417 bits per heavy atom. The van der Waals surface area contributed by atoms with Gasteiger partial charge in [0.15, 0.2) is 0 Å². The van der Waals surface area contributed by atoms with Gasteiger partial charge in [-0.25, -0.2) is 27.6 Å². The van der Waals surface area contributed by atoms with Crippen LogP contribution in [-0.2, 0) is 27.3 Å². The summed E-state index contributed by atoms with van der Waals surface area (Å²) in [5.74, 6) is 0.317. The van der Waals surface area contributed by atoms with Crippen LogP contribution in [-0.4, -0.2) is 221 Å². The van der Waals surface area contributed by atoms with E-state index in [0.29, 0.717) is 83.6 Å². The molecule has 0 unspecified atom stereocenters. The summed E-state index contributed by atoms with van der Waals surface area (Å²) in [6.45, 7) is 24.3. The maximum atomic E-state index is 14.9. The summed E-state index contributed by atoms with van der Waals surface area (Å²) in [7, 11) is 0. The number of rotatable bonds is 22. The first-order chi connectivity index (χ1) is 50.1. The van der Waals surface area contributed by atoms with Crippen molar-refractivity contribution in [3.63, 3.8) is 0 Å². The predicted octanol–water partition coefficient (Wildman–Crippen LogP) is 11.5. The van der Waals surface area contributed by atoms with Crippen LogP contribution in [0.4, 0.5) is 44.6 Å².